The summed E-state index contributed by atoms with van der Waals surface area (Å²) >= 11 is 0. The van der Waals surface area contributed by atoms with E-state index in [-0.39, 0.29) is 0 Å². The van der Waals surface area contributed by atoms with Crippen LogP contribution in [-0.4, -0.2) is 25.2 Å². The fourth-order valence-electron chi connectivity index (χ4n) is 2.86. The number of hydrogen-bond donors (Lipinski definition) is 2. The lowest BCUT2D eigenvalue weighted by atomic mass is 10.1. The fraction of sp³-hybridized carbons (Fsp3) is 0.333. The van der Waals surface area contributed by atoms with Gasteiger partial charge in [0, 0.05) is 25.8 Å². The number of rotatable bonds is 5. The van der Waals surface area contributed by atoms with E-state index in [0.29, 0.717) is 5.75 Å². The zero-order valence-corrected chi connectivity index (χ0v) is 12.5. The quantitative estimate of drug-likeness (QED) is 0.828. The molecule has 2 N–H and O–H groups in total. The van der Waals surface area contributed by atoms with Crippen molar-refractivity contribution in [3.8, 4) is 5.75 Å². The third kappa shape index (κ3) is 3.37. The molecule has 0 radical (unpaired) electrons. The van der Waals surface area contributed by atoms with Gasteiger partial charge in [-0.05, 0) is 54.3 Å². The van der Waals surface area contributed by atoms with E-state index < -0.39 is 0 Å². The Morgan fingerprint density at radius 1 is 1.10 bits per heavy atom. The van der Waals surface area contributed by atoms with Gasteiger partial charge in [0.1, 0.15) is 5.75 Å². The van der Waals surface area contributed by atoms with Crippen molar-refractivity contribution < 1.29 is 5.11 Å². The number of hydrogen-bond acceptors (Lipinski definition) is 3. The van der Waals surface area contributed by atoms with Crippen molar-refractivity contribution in [2.45, 2.75) is 19.4 Å². The van der Waals surface area contributed by atoms with Crippen molar-refractivity contribution in [2.24, 2.45) is 0 Å². The second-order valence-electron chi connectivity index (χ2n) is 5.73. The van der Waals surface area contributed by atoms with Crippen LogP contribution in [0.2, 0.25) is 0 Å². The van der Waals surface area contributed by atoms with Gasteiger partial charge < -0.3 is 15.3 Å². The van der Waals surface area contributed by atoms with Gasteiger partial charge in [-0.3, -0.25) is 0 Å². The Morgan fingerprint density at radius 2 is 1.86 bits per heavy atom. The number of nitrogens with one attached hydrogen (secondary N) is 1. The lowest BCUT2D eigenvalue weighted by Gasteiger charge is -2.12. The van der Waals surface area contributed by atoms with Gasteiger partial charge >= 0.3 is 0 Å². The predicted octanol–water partition coefficient (Wildman–Crippen LogP) is 2.72. The first kappa shape index (κ1) is 14.0. The largest absolute Gasteiger partial charge is 0.508 e. The second-order valence-corrected chi connectivity index (χ2v) is 5.73. The number of benzene rings is 2. The van der Waals surface area contributed by atoms with Crippen LogP contribution in [0.3, 0.4) is 0 Å². The Bertz CT molecular complexity index is 607. The van der Waals surface area contributed by atoms with Crippen molar-refractivity contribution in [2.75, 3.05) is 25.0 Å². The summed E-state index contributed by atoms with van der Waals surface area (Å²) in [7, 11) is 2.15. The van der Waals surface area contributed by atoms with Crippen LogP contribution in [0.4, 0.5) is 5.69 Å². The molecule has 3 heteroatoms. The molecule has 0 amide bonds. The summed E-state index contributed by atoms with van der Waals surface area (Å²) in [6.07, 6.45) is 2.14. The number of likely N-dealkylation sites (N-methyl/N-ethyl adjacent to an activating group) is 1. The van der Waals surface area contributed by atoms with Crippen LogP contribution in [0.1, 0.15) is 16.7 Å². The van der Waals surface area contributed by atoms with Gasteiger partial charge in [0.2, 0.25) is 0 Å². The molecule has 0 bridgehead atoms. The summed E-state index contributed by atoms with van der Waals surface area (Å²) in [6.45, 7) is 2.99. The van der Waals surface area contributed by atoms with Gasteiger partial charge in [-0.15, -0.1) is 0 Å². The van der Waals surface area contributed by atoms with Crippen molar-refractivity contribution in [3.05, 3.63) is 59.2 Å². The minimum absolute atomic E-state index is 0.329. The maximum atomic E-state index is 9.25. The zero-order chi connectivity index (χ0) is 14.7. The number of fused-ring (bicyclic) bond motifs is 1. The van der Waals surface area contributed by atoms with E-state index in [0.717, 1.165) is 32.5 Å². The summed E-state index contributed by atoms with van der Waals surface area (Å²) in [4.78, 5) is 2.32. The minimum atomic E-state index is 0.329. The molecule has 0 aliphatic carbocycles. The minimum Gasteiger partial charge on any atom is -0.508 e. The van der Waals surface area contributed by atoms with Crippen molar-refractivity contribution >= 4 is 5.69 Å². The van der Waals surface area contributed by atoms with Crippen LogP contribution >= 0.6 is 0 Å². The average Bonchev–Trinajstić information content (AvgIpc) is 2.86. The highest BCUT2D eigenvalue weighted by Crippen LogP contribution is 2.27. The predicted molar refractivity (Wildman–Crippen MR) is 86.9 cm³/mol. The van der Waals surface area contributed by atoms with Crippen molar-refractivity contribution in [3.63, 3.8) is 0 Å². The molecule has 2 aromatic carbocycles. The summed E-state index contributed by atoms with van der Waals surface area (Å²) in [6, 6.07) is 14.2. The first-order chi connectivity index (χ1) is 10.2. The summed E-state index contributed by atoms with van der Waals surface area (Å²) in [5.41, 5.74) is 5.45. The molecular formula is C18H22N2O. The van der Waals surface area contributed by atoms with E-state index in [1.807, 2.05) is 12.1 Å². The molecule has 21 heavy (non-hydrogen) atoms. The van der Waals surface area contributed by atoms with E-state index in [1.54, 1.807) is 12.1 Å². The lowest BCUT2D eigenvalue weighted by Crippen LogP contribution is -2.16. The molecule has 0 unspecified atom stereocenters. The molecule has 0 aromatic heterocycles. The van der Waals surface area contributed by atoms with Crippen LogP contribution < -0.4 is 10.2 Å². The van der Waals surface area contributed by atoms with Crippen molar-refractivity contribution in [1.82, 2.24) is 5.32 Å². The molecule has 110 valence electrons. The van der Waals surface area contributed by atoms with Crippen LogP contribution in [0, 0.1) is 0 Å². The molecular weight excluding hydrogens is 260 g/mol. The highest BCUT2D eigenvalue weighted by Gasteiger charge is 2.15. The highest BCUT2D eigenvalue weighted by molar-refractivity contribution is 5.58. The Hall–Kier alpha value is -2.00. The summed E-state index contributed by atoms with van der Waals surface area (Å²) in [5, 5.41) is 12.7. The fourth-order valence-corrected chi connectivity index (χ4v) is 2.86. The van der Waals surface area contributed by atoms with Crippen molar-refractivity contribution in [1.29, 1.82) is 0 Å². The number of phenols is 1. The van der Waals surface area contributed by atoms with Gasteiger partial charge in [0.15, 0.2) is 0 Å². The number of aromatic hydroxyl groups is 1. The van der Waals surface area contributed by atoms with Crippen LogP contribution in [0.15, 0.2) is 42.5 Å². The van der Waals surface area contributed by atoms with Gasteiger partial charge in [-0.25, -0.2) is 0 Å². The molecule has 1 aliphatic heterocycles. The molecule has 1 heterocycles. The maximum absolute atomic E-state index is 9.25. The Balaban J connectivity index is 1.48. The van der Waals surface area contributed by atoms with Gasteiger partial charge in [0.05, 0.1) is 0 Å². The summed E-state index contributed by atoms with van der Waals surface area (Å²) in [5.74, 6) is 0.329. The first-order valence-electron chi connectivity index (χ1n) is 7.54. The topological polar surface area (TPSA) is 35.5 Å². The summed E-state index contributed by atoms with van der Waals surface area (Å²) < 4.78 is 0. The second kappa shape index (κ2) is 6.19. The lowest BCUT2D eigenvalue weighted by molar-refractivity contribution is 0.475. The maximum Gasteiger partial charge on any atom is 0.115 e. The third-order valence-electron chi connectivity index (χ3n) is 4.13. The smallest absolute Gasteiger partial charge is 0.115 e. The number of phenolic OH excluding ortho intramolecular Hbond substituents is 1. The van der Waals surface area contributed by atoms with Crippen LogP contribution in [-0.2, 0) is 19.4 Å². The van der Waals surface area contributed by atoms with E-state index >= 15 is 0 Å². The Morgan fingerprint density at radius 3 is 2.67 bits per heavy atom. The SMILES string of the molecule is CN1CCc2cc(CNCCc3ccc(O)cc3)ccc21. The van der Waals surface area contributed by atoms with Crippen LogP contribution in [0.25, 0.3) is 0 Å². The van der Waals surface area contributed by atoms with E-state index in [2.05, 4.69) is 35.5 Å². The molecule has 0 spiro atoms. The molecule has 3 nitrogen and oxygen atoms in total. The number of anilines is 1. The molecule has 0 saturated carbocycles. The van der Waals surface area contributed by atoms with Gasteiger partial charge in [-0.2, -0.15) is 0 Å². The first-order valence-corrected chi connectivity index (χ1v) is 7.54. The molecule has 0 fully saturated rings. The van der Waals surface area contributed by atoms with Gasteiger partial charge in [0.25, 0.3) is 0 Å². The molecule has 0 saturated heterocycles. The Kier molecular flexibility index (Phi) is 4.11. The monoisotopic (exact) mass is 282 g/mol. The molecule has 0 atom stereocenters. The van der Waals surface area contributed by atoms with E-state index in [1.165, 1.54) is 22.4 Å². The highest BCUT2D eigenvalue weighted by atomic mass is 16.3. The van der Waals surface area contributed by atoms with E-state index in [9.17, 15) is 5.11 Å². The molecule has 3 rings (SSSR count). The Labute approximate surface area is 126 Å². The standard InChI is InChI=1S/C18H22N2O/c1-20-11-9-16-12-15(4-7-18(16)20)13-19-10-8-14-2-5-17(21)6-3-14/h2-7,12,19,21H,8-11,13H2,1H3. The molecule has 2 aromatic rings. The zero-order valence-electron chi connectivity index (χ0n) is 12.5. The molecule has 1 aliphatic rings. The van der Waals surface area contributed by atoms with Crippen LogP contribution in [0.5, 0.6) is 5.75 Å². The number of nitrogens with zero attached hydrogens (tertiary/aromatic N) is 1. The normalized spacial score (nSPS) is 13.5. The van der Waals surface area contributed by atoms with E-state index in [4.69, 9.17) is 0 Å². The third-order valence-corrected chi connectivity index (χ3v) is 4.13. The van der Waals surface area contributed by atoms with Gasteiger partial charge in [-0.1, -0.05) is 24.3 Å². The average molecular weight is 282 g/mol.